The summed E-state index contributed by atoms with van der Waals surface area (Å²) in [6, 6.07) is 21.8. The standard InChI is InChI=1S/C34H28N2O10S4/c37-32(20-8-2-1-3-9-20)30-27-23-12-4-5-13-24(23)33(38)28-25(19-26(50(44,45)46)31(29(27)28)36-34(30)39)35-21-10-6-11-22(18-21)48(40)16-15-47-14-7-17-49(41,42)43/h1-6,8-13,18-19,35H,7,14-17H2,(H,36,39)(H,41,42,43)(H,44,45,46). The molecule has 0 amide bonds. The Morgan fingerprint density at radius 3 is 2.26 bits per heavy atom. The van der Waals surface area contributed by atoms with Gasteiger partial charge < -0.3 is 14.9 Å². The van der Waals surface area contributed by atoms with Crippen molar-refractivity contribution in [3.63, 3.8) is 0 Å². The molecule has 0 spiro atoms. The average Bonchev–Trinajstić information content (AvgIpc) is 3.07. The largest absolute Gasteiger partial charge is 0.611 e. The van der Waals surface area contributed by atoms with Crippen molar-refractivity contribution in [3.05, 3.63) is 118 Å². The Hall–Kier alpha value is -4.29. The monoisotopic (exact) mass is 752 g/mol. The van der Waals surface area contributed by atoms with Gasteiger partial charge in [-0.2, -0.15) is 28.6 Å². The molecule has 16 heteroatoms. The second kappa shape index (κ2) is 14.1. The Kier molecular flexibility index (Phi) is 10.1. The van der Waals surface area contributed by atoms with E-state index < -0.39 is 53.4 Å². The van der Waals surface area contributed by atoms with Crippen molar-refractivity contribution < 1.29 is 40.1 Å². The van der Waals surface area contributed by atoms with Crippen LogP contribution in [0.15, 0.2) is 99.5 Å². The topological polar surface area (TPSA) is 211 Å². The molecule has 0 aliphatic heterocycles. The molecule has 0 saturated carbocycles. The van der Waals surface area contributed by atoms with E-state index in [2.05, 4.69) is 10.3 Å². The van der Waals surface area contributed by atoms with Crippen LogP contribution in [0.25, 0.3) is 22.0 Å². The molecule has 4 aromatic carbocycles. The summed E-state index contributed by atoms with van der Waals surface area (Å²) in [5, 5.41) is 3.00. The van der Waals surface area contributed by atoms with Gasteiger partial charge in [0.05, 0.1) is 28.1 Å². The molecule has 1 heterocycles. The Balaban J connectivity index is 1.46. The van der Waals surface area contributed by atoms with E-state index in [1.807, 2.05) is 0 Å². The first-order valence-electron chi connectivity index (χ1n) is 15.0. The minimum Gasteiger partial charge on any atom is -0.611 e. The van der Waals surface area contributed by atoms with Crippen LogP contribution in [-0.4, -0.2) is 70.1 Å². The zero-order chi connectivity index (χ0) is 35.8. The molecule has 0 saturated heterocycles. The van der Waals surface area contributed by atoms with Crippen molar-refractivity contribution in [1.29, 1.82) is 0 Å². The van der Waals surface area contributed by atoms with Gasteiger partial charge in [-0.25, -0.2) is 0 Å². The van der Waals surface area contributed by atoms with Gasteiger partial charge in [0.2, 0.25) is 0 Å². The molecule has 0 fully saturated rings. The lowest BCUT2D eigenvalue weighted by atomic mass is 9.80. The highest BCUT2D eigenvalue weighted by Gasteiger charge is 2.36. The average molecular weight is 753 g/mol. The predicted molar refractivity (Wildman–Crippen MR) is 192 cm³/mol. The first kappa shape index (κ1) is 35.5. The number of hydrogen-bond donors (Lipinski definition) is 4. The number of hydrogen-bond acceptors (Lipinski definition) is 10. The van der Waals surface area contributed by atoms with Crippen LogP contribution in [0.2, 0.25) is 0 Å². The molecule has 1 aromatic heterocycles. The minimum absolute atomic E-state index is 0.0419. The Labute approximate surface area is 294 Å². The van der Waals surface area contributed by atoms with E-state index in [4.69, 9.17) is 4.55 Å². The van der Waals surface area contributed by atoms with Crippen LogP contribution in [0.3, 0.4) is 0 Å². The fourth-order valence-electron chi connectivity index (χ4n) is 5.81. The SMILES string of the molecule is O=C(c1ccccc1)c1c2c3c(c(Nc4cccc([S+]([O-])CCSCCCS(=O)(=O)O)c4)cc(S(=O)(=O)O)c3[nH]c1=O)C(=O)c1ccccc1-2. The molecule has 1 atom stereocenters. The Morgan fingerprint density at radius 2 is 1.56 bits per heavy atom. The lowest BCUT2D eigenvalue weighted by Gasteiger charge is -2.25. The minimum atomic E-state index is -5.01. The van der Waals surface area contributed by atoms with E-state index in [1.54, 1.807) is 60.7 Å². The first-order chi connectivity index (χ1) is 23.7. The van der Waals surface area contributed by atoms with E-state index in [-0.39, 0.29) is 67.9 Å². The summed E-state index contributed by atoms with van der Waals surface area (Å²) in [5.74, 6) is -0.415. The van der Waals surface area contributed by atoms with E-state index in [0.717, 1.165) is 6.07 Å². The van der Waals surface area contributed by atoms with Gasteiger partial charge in [0.15, 0.2) is 16.5 Å². The summed E-state index contributed by atoms with van der Waals surface area (Å²) >= 11 is -0.102. The van der Waals surface area contributed by atoms with Gasteiger partial charge in [-0.15, -0.1) is 0 Å². The number of rotatable bonds is 13. The van der Waals surface area contributed by atoms with Crippen LogP contribution < -0.4 is 10.9 Å². The third kappa shape index (κ3) is 7.27. The molecular formula is C34H28N2O10S4. The molecule has 12 nitrogen and oxygen atoms in total. The van der Waals surface area contributed by atoms with E-state index in [1.165, 1.54) is 30.0 Å². The van der Waals surface area contributed by atoms with Crippen molar-refractivity contribution in [3.8, 4) is 11.1 Å². The summed E-state index contributed by atoms with van der Waals surface area (Å²) in [6.07, 6.45) is 0.246. The number of aromatic nitrogens is 1. The van der Waals surface area contributed by atoms with Gasteiger partial charge >= 0.3 is 0 Å². The molecule has 0 bridgehead atoms. The highest BCUT2D eigenvalue weighted by Crippen LogP contribution is 2.45. The second-order valence-corrected chi connectivity index (χ2v) is 17.0. The van der Waals surface area contributed by atoms with E-state index in [0.29, 0.717) is 22.1 Å². The van der Waals surface area contributed by atoms with Gasteiger partial charge in [-0.1, -0.05) is 60.7 Å². The number of aromatic amines is 1. The lowest BCUT2D eigenvalue weighted by Crippen LogP contribution is -2.25. The molecule has 1 aliphatic carbocycles. The number of nitrogens with one attached hydrogen (secondary N) is 2. The number of carbonyl (C=O) groups excluding carboxylic acids is 2. The zero-order valence-electron chi connectivity index (χ0n) is 25.9. The highest BCUT2D eigenvalue weighted by atomic mass is 32.2. The van der Waals surface area contributed by atoms with Crippen LogP contribution in [0.4, 0.5) is 11.4 Å². The van der Waals surface area contributed by atoms with Crippen molar-refractivity contribution in [2.75, 3.05) is 28.3 Å². The van der Waals surface area contributed by atoms with E-state index >= 15 is 0 Å². The Bertz CT molecular complexity index is 2450. The third-order valence-electron chi connectivity index (χ3n) is 7.95. The Morgan fingerprint density at radius 1 is 0.860 bits per heavy atom. The van der Waals surface area contributed by atoms with Crippen molar-refractivity contribution in [2.24, 2.45) is 0 Å². The molecule has 5 aromatic rings. The fraction of sp³-hybridized carbons (Fsp3) is 0.147. The number of anilines is 2. The number of pyridine rings is 1. The normalized spacial score (nSPS) is 13.2. The number of H-pyrrole nitrogens is 1. The van der Waals surface area contributed by atoms with Gasteiger partial charge in [-0.3, -0.25) is 23.5 Å². The van der Waals surface area contributed by atoms with Gasteiger partial charge in [0.25, 0.3) is 25.8 Å². The smallest absolute Gasteiger partial charge is 0.296 e. The summed E-state index contributed by atoms with van der Waals surface area (Å²) < 4.78 is 79.7. The maximum absolute atomic E-state index is 14.2. The van der Waals surface area contributed by atoms with E-state index in [9.17, 15) is 40.3 Å². The summed E-state index contributed by atoms with van der Waals surface area (Å²) in [6.45, 7) is 0. The number of fused-ring (bicyclic) bond motifs is 2. The molecule has 4 N–H and O–H groups in total. The van der Waals surface area contributed by atoms with Gasteiger partial charge in [0.1, 0.15) is 10.6 Å². The molecule has 0 radical (unpaired) electrons. The van der Waals surface area contributed by atoms with Gasteiger partial charge in [0, 0.05) is 39.6 Å². The van der Waals surface area contributed by atoms with Crippen molar-refractivity contribution in [1.82, 2.24) is 4.98 Å². The molecule has 258 valence electrons. The van der Waals surface area contributed by atoms with Crippen LogP contribution in [0.1, 0.15) is 38.3 Å². The number of benzene rings is 4. The summed E-state index contributed by atoms with van der Waals surface area (Å²) in [4.78, 5) is 43.9. The van der Waals surface area contributed by atoms with Crippen LogP contribution in [0.5, 0.6) is 0 Å². The third-order valence-corrected chi connectivity index (χ3v) is 12.3. The van der Waals surface area contributed by atoms with Crippen molar-refractivity contribution >= 4 is 77.0 Å². The first-order valence-corrected chi connectivity index (χ1v) is 20.5. The number of ketones is 2. The molecule has 1 aliphatic rings. The molecule has 50 heavy (non-hydrogen) atoms. The van der Waals surface area contributed by atoms with Crippen LogP contribution in [0, 0.1) is 0 Å². The maximum Gasteiger partial charge on any atom is 0.296 e. The quantitative estimate of drug-likeness (QED) is 0.0527. The summed E-state index contributed by atoms with van der Waals surface area (Å²) in [7, 11) is -9.06. The zero-order valence-corrected chi connectivity index (χ0v) is 29.2. The molecule has 6 rings (SSSR count). The molecule has 1 unspecified atom stereocenters. The van der Waals surface area contributed by atoms with Crippen LogP contribution >= 0.6 is 11.8 Å². The number of carbonyl (C=O) groups is 2. The summed E-state index contributed by atoms with van der Waals surface area (Å²) in [5.41, 5.74) is -0.689. The maximum atomic E-state index is 14.2. The predicted octanol–water partition coefficient (Wildman–Crippen LogP) is 5.08. The second-order valence-electron chi connectivity index (χ2n) is 11.3. The fourth-order valence-corrected chi connectivity index (χ4v) is 9.53. The highest BCUT2D eigenvalue weighted by molar-refractivity contribution is 8.00. The van der Waals surface area contributed by atoms with Crippen molar-refractivity contribution in [2.45, 2.75) is 16.2 Å². The van der Waals surface area contributed by atoms with Crippen LogP contribution in [-0.2, 0) is 31.4 Å². The van der Waals surface area contributed by atoms with Gasteiger partial charge in [-0.05, 0) is 47.1 Å². The molecular weight excluding hydrogens is 725 g/mol. The number of thioether (sulfide) groups is 1. The lowest BCUT2D eigenvalue weighted by molar-refractivity contribution is 0.102.